The monoisotopic (exact) mass is 452 g/mol. The highest BCUT2D eigenvalue weighted by Crippen LogP contribution is 2.26. The molecule has 0 N–H and O–H groups in total. The summed E-state index contributed by atoms with van der Waals surface area (Å²) in [5.41, 5.74) is 1.81. The van der Waals surface area contributed by atoms with E-state index in [2.05, 4.69) is 0 Å². The van der Waals surface area contributed by atoms with Crippen molar-refractivity contribution in [3.8, 4) is 11.5 Å². The molecule has 0 radical (unpaired) electrons. The van der Waals surface area contributed by atoms with E-state index in [0.29, 0.717) is 62.0 Å². The Hall–Kier alpha value is -3.45. The molecule has 172 valence electrons. The minimum Gasteiger partial charge on any atom is -0.493 e. The molecule has 0 aromatic heterocycles. The van der Waals surface area contributed by atoms with Crippen LogP contribution in [-0.2, 0) is 13.2 Å². The molecule has 7 heteroatoms. The summed E-state index contributed by atoms with van der Waals surface area (Å²) in [6.45, 7) is 2.88. The normalized spacial score (nSPS) is 14.2. The third-order valence-electron chi connectivity index (χ3n) is 5.72. The van der Waals surface area contributed by atoms with Gasteiger partial charge in [0.15, 0.2) is 23.1 Å². The van der Waals surface area contributed by atoms with Crippen LogP contribution in [0, 0.1) is 11.6 Å². The molecule has 1 amide bonds. The van der Waals surface area contributed by atoms with Gasteiger partial charge in [-0.05, 0) is 35.9 Å². The number of amides is 1. The highest BCUT2D eigenvalue weighted by Gasteiger charge is 2.23. The van der Waals surface area contributed by atoms with E-state index in [9.17, 15) is 13.6 Å². The molecular weight excluding hydrogens is 426 g/mol. The van der Waals surface area contributed by atoms with Gasteiger partial charge >= 0.3 is 0 Å². The van der Waals surface area contributed by atoms with E-state index in [4.69, 9.17) is 9.47 Å². The Labute approximate surface area is 192 Å². The number of methoxy groups -OCH3 is 1. The zero-order chi connectivity index (χ0) is 23.2. The van der Waals surface area contributed by atoms with Gasteiger partial charge in [-0.25, -0.2) is 8.78 Å². The molecule has 1 saturated heterocycles. The Kier molecular flexibility index (Phi) is 7.19. The van der Waals surface area contributed by atoms with Crippen molar-refractivity contribution in [1.82, 2.24) is 9.80 Å². The van der Waals surface area contributed by atoms with Crippen molar-refractivity contribution in [3.63, 3.8) is 0 Å². The van der Waals surface area contributed by atoms with E-state index in [-0.39, 0.29) is 5.91 Å². The maximum Gasteiger partial charge on any atom is 0.253 e. The summed E-state index contributed by atoms with van der Waals surface area (Å²) in [6, 6.07) is 19.0. The summed E-state index contributed by atoms with van der Waals surface area (Å²) in [5, 5.41) is 0. The van der Waals surface area contributed by atoms with E-state index in [1.807, 2.05) is 47.4 Å². The summed E-state index contributed by atoms with van der Waals surface area (Å²) in [7, 11) is 1.59. The van der Waals surface area contributed by atoms with Crippen LogP contribution < -0.4 is 9.47 Å². The van der Waals surface area contributed by atoms with Gasteiger partial charge in [0, 0.05) is 43.9 Å². The standard InChI is InChI=1S/C26H26F2N2O3/c1-32-23-10-2-3-11-24(23)33-18-19-6-4-7-20(16-19)26(31)30-14-12-29(13-15-30)17-21-8-5-9-22(27)25(21)28/h2-11,16H,12-15,17-18H2,1H3. The second-order valence-electron chi connectivity index (χ2n) is 7.92. The van der Waals surface area contributed by atoms with Crippen LogP contribution in [0.4, 0.5) is 8.78 Å². The zero-order valence-corrected chi connectivity index (χ0v) is 18.5. The SMILES string of the molecule is COc1ccccc1OCc1cccc(C(=O)N2CCN(Cc3cccc(F)c3F)CC2)c1. The van der Waals surface area contributed by atoms with Crippen LogP contribution in [0.1, 0.15) is 21.5 Å². The Bertz CT molecular complexity index is 1110. The number of nitrogens with zero attached hydrogens (tertiary/aromatic N) is 2. The van der Waals surface area contributed by atoms with Gasteiger partial charge in [0.05, 0.1) is 7.11 Å². The fourth-order valence-corrected chi connectivity index (χ4v) is 3.90. The third kappa shape index (κ3) is 5.49. The maximum atomic E-state index is 14.0. The molecule has 0 unspecified atom stereocenters. The first-order valence-electron chi connectivity index (χ1n) is 10.8. The first kappa shape index (κ1) is 22.7. The largest absolute Gasteiger partial charge is 0.493 e. The molecule has 1 heterocycles. The Balaban J connectivity index is 1.34. The Morgan fingerprint density at radius 2 is 1.64 bits per heavy atom. The highest BCUT2D eigenvalue weighted by atomic mass is 19.2. The number of para-hydroxylation sites is 2. The summed E-state index contributed by atoms with van der Waals surface area (Å²) < 4.78 is 38.6. The van der Waals surface area contributed by atoms with Crippen molar-refractivity contribution in [2.45, 2.75) is 13.2 Å². The van der Waals surface area contributed by atoms with Gasteiger partial charge in [-0.1, -0.05) is 36.4 Å². The number of piperazine rings is 1. The molecule has 0 aliphatic carbocycles. The second kappa shape index (κ2) is 10.4. The lowest BCUT2D eigenvalue weighted by Crippen LogP contribution is -2.48. The van der Waals surface area contributed by atoms with Crippen molar-refractivity contribution >= 4 is 5.91 Å². The van der Waals surface area contributed by atoms with E-state index in [0.717, 1.165) is 11.6 Å². The first-order chi connectivity index (χ1) is 16.0. The van der Waals surface area contributed by atoms with Gasteiger partial charge in [-0.15, -0.1) is 0 Å². The quantitative estimate of drug-likeness (QED) is 0.529. The number of halogens is 2. The first-order valence-corrected chi connectivity index (χ1v) is 10.8. The van der Waals surface area contributed by atoms with Gasteiger partial charge in [-0.3, -0.25) is 9.69 Å². The number of benzene rings is 3. The Morgan fingerprint density at radius 3 is 2.39 bits per heavy atom. The molecule has 0 bridgehead atoms. The Morgan fingerprint density at radius 1 is 0.909 bits per heavy atom. The van der Waals surface area contributed by atoms with Gasteiger partial charge in [-0.2, -0.15) is 0 Å². The van der Waals surface area contributed by atoms with Gasteiger partial charge in [0.25, 0.3) is 5.91 Å². The molecule has 1 aliphatic heterocycles. The van der Waals surface area contributed by atoms with E-state index in [1.54, 1.807) is 24.1 Å². The molecule has 1 fully saturated rings. The van der Waals surface area contributed by atoms with Crippen LogP contribution in [0.2, 0.25) is 0 Å². The second-order valence-corrected chi connectivity index (χ2v) is 7.92. The predicted octanol–water partition coefficient (Wildman–Crippen LogP) is 4.51. The predicted molar refractivity (Wildman–Crippen MR) is 121 cm³/mol. The fourth-order valence-electron chi connectivity index (χ4n) is 3.90. The summed E-state index contributed by atoms with van der Waals surface area (Å²) in [5.74, 6) is -0.395. The lowest BCUT2D eigenvalue weighted by molar-refractivity contribution is 0.0626. The van der Waals surface area contributed by atoms with Gasteiger partial charge in [0.1, 0.15) is 6.61 Å². The van der Waals surface area contributed by atoms with Crippen LogP contribution in [0.3, 0.4) is 0 Å². The zero-order valence-electron chi connectivity index (χ0n) is 18.5. The molecule has 3 aromatic carbocycles. The minimum atomic E-state index is -0.837. The topological polar surface area (TPSA) is 42.0 Å². The number of carbonyl (C=O) groups excluding carboxylic acids is 1. The highest BCUT2D eigenvalue weighted by molar-refractivity contribution is 5.94. The van der Waals surface area contributed by atoms with Crippen LogP contribution in [0.15, 0.2) is 66.7 Å². The maximum absolute atomic E-state index is 14.0. The van der Waals surface area contributed by atoms with Crippen LogP contribution >= 0.6 is 0 Å². The number of hydrogen-bond donors (Lipinski definition) is 0. The van der Waals surface area contributed by atoms with Gasteiger partial charge in [0.2, 0.25) is 0 Å². The molecule has 33 heavy (non-hydrogen) atoms. The lowest BCUT2D eigenvalue weighted by atomic mass is 10.1. The van der Waals surface area contributed by atoms with Crippen molar-refractivity contribution in [2.75, 3.05) is 33.3 Å². The minimum absolute atomic E-state index is 0.0503. The van der Waals surface area contributed by atoms with E-state index in [1.165, 1.54) is 6.07 Å². The average molecular weight is 453 g/mol. The number of rotatable bonds is 7. The molecule has 5 nitrogen and oxygen atoms in total. The van der Waals surface area contributed by atoms with Gasteiger partial charge < -0.3 is 14.4 Å². The number of carbonyl (C=O) groups is 1. The molecule has 0 saturated carbocycles. The molecule has 1 aliphatic rings. The molecule has 3 aromatic rings. The van der Waals surface area contributed by atoms with E-state index >= 15 is 0 Å². The van der Waals surface area contributed by atoms with Crippen molar-refractivity contribution in [3.05, 3.63) is 95.1 Å². The lowest BCUT2D eigenvalue weighted by Gasteiger charge is -2.35. The fraction of sp³-hybridized carbons (Fsp3) is 0.269. The molecule has 0 atom stereocenters. The summed E-state index contributed by atoms with van der Waals surface area (Å²) in [4.78, 5) is 16.8. The molecular formula is C26H26F2N2O3. The summed E-state index contributed by atoms with van der Waals surface area (Å²) >= 11 is 0. The summed E-state index contributed by atoms with van der Waals surface area (Å²) in [6.07, 6.45) is 0. The molecule has 4 rings (SSSR count). The van der Waals surface area contributed by atoms with Crippen LogP contribution in [-0.4, -0.2) is 49.0 Å². The number of ether oxygens (including phenoxy) is 2. The molecule has 0 spiro atoms. The van der Waals surface area contributed by atoms with Crippen molar-refractivity contribution < 1.29 is 23.0 Å². The smallest absolute Gasteiger partial charge is 0.253 e. The van der Waals surface area contributed by atoms with Crippen LogP contribution in [0.25, 0.3) is 0 Å². The van der Waals surface area contributed by atoms with Crippen LogP contribution in [0.5, 0.6) is 11.5 Å². The average Bonchev–Trinajstić information content (AvgIpc) is 2.86. The van der Waals surface area contributed by atoms with E-state index < -0.39 is 11.6 Å². The third-order valence-corrected chi connectivity index (χ3v) is 5.72. The van der Waals surface area contributed by atoms with Crippen molar-refractivity contribution in [1.29, 1.82) is 0 Å². The van der Waals surface area contributed by atoms with Crippen molar-refractivity contribution in [2.24, 2.45) is 0 Å². The number of hydrogen-bond acceptors (Lipinski definition) is 4.